The van der Waals surface area contributed by atoms with Gasteiger partial charge < -0.3 is 0 Å². The summed E-state index contributed by atoms with van der Waals surface area (Å²) in [5, 5.41) is 0. The highest BCUT2D eigenvalue weighted by atomic mass is 127. The first-order chi connectivity index (χ1) is 11.4. The van der Waals surface area contributed by atoms with Gasteiger partial charge in [-0.05, 0) is 21.7 Å². The zero-order chi connectivity index (χ0) is 21.2. The molecule has 0 saturated carbocycles. The van der Waals surface area contributed by atoms with E-state index in [1.807, 2.05) is 0 Å². The van der Waals surface area contributed by atoms with Crippen LogP contribution in [0.3, 0.4) is 0 Å². The van der Waals surface area contributed by atoms with Crippen LogP contribution in [0.5, 0.6) is 0 Å². The number of hydrogen-bond donors (Lipinski definition) is 0. The molecule has 0 radical (unpaired) electrons. The van der Waals surface area contributed by atoms with Gasteiger partial charge in [0.15, 0.2) is 0 Å². The van der Waals surface area contributed by atoms with E-state index in [9.17, 15) is 52.7 Å². The summed E-state index contributed by atoms with van der Waals surface area (Å²) in [6.07, 6.45) is -5.70. The molecule has 0 aliphatic rings. The van der Waals surface area contributed by atoms with Gasteiger partial charge in [0.1, 0.15) is 0 Å². The summed E-state index contributed by atoms with van der Waals surface area (Å²) >= 11 is 2.79. The fourth-order valence-corrected chi connectivity index (χ4v) is 2.51. The Kier molecular flexibility index (Phi) is 8.75. The summed E-state index contributed by atoms with van der Waals surface area (Å²) in [5.74, 6) is -40.5. The van der Waals surface area contributed by atoms with Crippen molar-refractivity contribution in [3.8, 4) is 0 Å². The summed E-state index contributed by atoms with van der Waals surface area (Å²) in [4.78, 5) is 0. The van der Waals surface area contributed by atoms with Crippen LogP contribution in [0.15, 0.2) is 0 Å². The second-order valence-corrected chi connectivity index (χ2v) is 7.45. The van der Waals surface area contributed by atoms with Crippen molar-refractivity contribution in [1.29, 1.82) is 0 Å². The molecule has 0 aliphatic heterocycles. The predicted molar refractivity (Wildman–Crippen MR) is 85.9 cm³/mol. The number of alkyl halides is 14. The molecular formula is C12H12F12I2. The molecule has 14 heteroatoms. The van der Waals surface area contributed by atoms with Gasteiger partial charge in [-0.25, -0.2) is 0 Å². The van der Waals surface area contributed by atoms with E-state index in [-0.39, 0.29) is 8.86 Å². The third kappa shape index (κ3) is 4.44. The Labute approximate surface area is 167 Å². The Balaban J connectivity index is 6.06. The van der Waals surface area contributed by atoms with Gasteiger partial charge in [0.25, 0.3) is 0 Å². The zero-order valence-corrected chi connectivity index (χ0v) is 16.8. The van der Waals surface area contributed by atoms with E-state index < -0.39 is 61.2 Å². The molecule has 0 aromatic heterocycles. The maximum Gasteiger partial charge on any atom is 0.384 e. The molecule has 0 N–H and O–H groups in total. The van der Waals surface area contributed by atoms with Crippen LogP contribution < -0.4 is 0 Å². The molecule has 158 valence electrons. The highest BCUT2D eigenvalue weighted by Crippen LogP contribution is 2.61. The van der Waals surface area contributed by atoms with Crippen LogP contribution in [0.1, 0.15) is 25.7 Å². The second kappa shape index (κ2) is 8.55. The molecular weight excluding hydrogens is 626 g/mol. The normalized spacial score (nSPS) is 15.5. The molecule has 0 saturated heterocycles. The van der Waals surface area contributed by atoms with Crippen molar-refractivity contribution in [3.63, 3.8) is 0 Å². The minimum atomic E-state index is -7.44. The van der Waals surface area contributed by atoms with E-state index >= 15 is 0 Å². The molecule has 0 aromatic rings. The molecule has 0 fully saturated rings. The highest BCUT2D eigenvalue weighted by molar-refractivity contribution is 14.1. The van der Waals surface area contributed by atoms with E-state index in [2.05, 4.69) is 0 Å². The van der Waals surface area contributed by atoms with E-state index in [1.54, 1.807) is 0 Å². The van der Waals surface area contributed by atoms with Gasteiger partial charge >= 0.3 is 35.5 Å². The van der Waals surface area contributed by atoms with Crippen LogP contribution in [-0.2, 0) is 0 Å². The average Bonchev–Trinajstić information content (AvgIpc) is 2.49. The van der Waals surface area contributed by atoms with Crippen LogP contribution in [0, 0.1) is 0 Å². The molecule has 0 amide bonds. The van der Waals surface area contributed by atoms with Crippen molar-refractivity contribution in [2.75, 3.05) is 8.86 Å². The van der Waals surface area contributed by atoms with Gasteiger partial charge in [0, 0.05) is 12.8 Å². The fourth-order valence-electron chi connectivity index (χ4n) is 1.75. The molecule has 0 unspecified atom stereocenters. The van der Waals surface area contributed by atoms with Crippen LogP contribution in [0.25, 0.3) is 0 Å². The standard InChI is InChI=1S/C12H12F12I2/c13-7(14,3-1-5-25)9(17,18)11(21,22)12(23,24)10(19,20)8(15,16)4-2-6-26/h1-6H2. The lowest BCUT2D eigenvalue weighted by Crippen LogP contribution is -2.70. The Morgan fingerprint density at radius 3 is 0.846 bits per heavy atom. The number of rotatable bonds is 11. The van der Waals surface area contributed by atoms with E-state index in [4.69, 9.17) is 0 Å². The van der Waals surface area contributed by atoms with E-state index in [0.29, 0.717) is 0 Å². The van der Waals surface area contributed by atoms with Crippen molar-refractivity contribution in [2.24, 2.45) is 0 Å². The molecule has 0 nitrogen and oxygen atoms in total. The molecule has 0 aromatic carbocycles. The summed E-state index contributed by atoms with van der Waals surface area (Å²) in [7, 11) is 0. The van der Waals surface area contributed by atoms with Gasteiger partial charge in [-0.3, -0.25) is 0 Å². The minimum absolute atomic E-state index is 0.254. The maximum atomic E-state index is 13.5. The Morgan fingerprint density at radius 2 is 0.654 bits per heavy atom. The van der Waals surface area contributed by atoms with Gasteiger partial charge in [-0.2, -0.15) is 52.7 Å². The Bertz CT molecular complexity index is 421. The van der Waals surface area contributed by atoms with Gasteiger partial charge in [0.2, 0.25) is 0 Å². The lowest BCUT2D eigenvalue weighted by molar-refractivity contribution is -0.425. The smallest absolute Gasteiger partial charge is 0.200 e. The van der Waals surface area contributed by atoms with Crippen molar-refractivity contribution >= 4 is 45.2 Å². The second-order valence-electron chi connectivity index (χ2n) is 5.29. The van der Waals surface area contributed by atoms with Crippen LogP contribution in [0.4, 0.5) is 52.7 Å². The highest BCUT2D eigenvalue weighted by Gasteiger charge is 2.89. The Morgan fingerprint density at radius 1 is 0.423 bits per heavy atom. The largest absolute Gasteiger partial charge is 0.384 e. The molecule has 0 atom stereocenters. The fraction of sp³-hybridized carbons (Fsp3) is 1.00. The first-order valence-corrected chi connectivity index (χ1v) is 9.81. The van der Waals surface area contributed by atoms with Gasteiger partial charge in [0.05, 0.1) is 0 Å². The first-order valence-electron chi connectivity index (χ1n) is 6.76. The van der Waals surface area contributed by atoms with Gasteiger partial charge in [-0.1, -0.05) is 45.2 Å². The zero-order valence-electron chi connectivity index (χ0n) is 12.5. The average molecular weight is 638 g/mol. The van der Waals surface area contributed by atoms with Crippen LogP contribution in [-0.4, -0.2) is 44.4 Å². The molecule has 0 aliphatic carbocycles. The predicted octanol–water partition coefficient (Wildman–Crippen LogP) is 7.23. The molecule has 26 heavy (non-hydrogen) atoms. The minimum Gasteiger partial charge on any atom is -0.200 e. The summed E-state index contributed by atoms with van der Waals surface area (Å²) in [6, 6.07) is 0. The molecule has 0 rings (SSSR count). The monoisotopic (exact) mass is 638 g/mol. The lowest BCUT2D eigenvalue weighted by Gasteiger charge is -2.41. The topological polar surface area (TPSA) is 0 Å². The van der Waals surface area contributed by atoms with E-state index in [1.165, 1.54) is 45.2 Å². The maximum absolute atomic E-state index is 13.5. The lowest BCUT2D eigenvalue weighted by atomic mass is 9.89. The van der Waals surface area contributed by atoms with Crippen molar-refractivity contribution < 1.29 is 52.7 Å². The molecule has 0 heterocycles. The van der Waals surface area contributed by atoms with Crippen molar-refractivity contribution in [2.45, 2.75) is 61.2 Å². The third-order valence-electron chi connectivity index (χ3n) is 3.35. The SMILES string of the molecule is FC(F)(CCCI)C(F)(F)C(F)(F)C(F)(F)C(F)(F)C(F)(F)CCCI. The number of hydrogen-bond acceptors (Lipinski definition) is 0. The number of halogens is 14. The summed E-state index contributed by atoms with van der Waals surface area (Å²) < 4.78 is 160. The molecule has 0 bridgehead atoms. The van der Waals surface area contributed by atoms with Crippen molar-refractivity contribution in [1.82, 2.24) is 0 Å². The summed E-state index contributed by atoms with van der Waals surface area (Å²) in [6.45, 7) is 0. The van der Waals surface area contributed by atoms with E-state index in [0.717, 1.165) is 0 Å². The van der Waals surface area contributed by atoms with Crippen LogP contribution >= 0.6 is 45.2 Å². The first kappa shape index (κ1) is 26.6. The van der Waals surface area contributed by atoms with Crippen LogP contribution in [0.2, 0.25) is 0 Å². The molecule has 0 spiro atoms. The van der Waals surface area contributed by atoms with Crippen molar-refractivity contribution in [3.05, 3.63) is 0 Å². The Hall–Kier alpha value is 0.620. The van der Waals surface area contributed by atoms with Gasteiger partial charge in [-0.15, -0.1) is 0 Å². The summed E-state index contributed by atoms with van der Waals surface area (Å²) in [5.41, 5.74) is 0. The quantitative estimate of drug-likeness (QED) is 0.127. The third-order valence-corrected chi connectivity index (χ3v) is 4.88.